The first-order chi connectivity index (χ1) is 12.7. The second kappa shape index (κ2) is 6.80. The number of aromatic nitrogens is 3. The van der Waals surface area contributed by atoms with Crippen molar-refractivity contribution in [3.63, 3.8) is 0 Å². The summed E-state index contributed by atoms with van der Waals surface area (Å²) in [7, 11) is 3.24. The van der Waals surface area contributed by atoms with Gasteiger partial charge in [0, 0.05) is 16.9 Å². The van der Waals surface area contributed by atoms with Crippen molar-refractivity contribution in [2.75, 3.05) is 20.0 Å². The summed E-state index contributed by atoms with van der Waals surface area (Å²) in [6.07, 6.45) is 0. The number of halogens is 1. The molecule has 3 aromatic rings. The second-order valence-corrected chi connectivity index (χ2v) is 6.47. The van der Waals surface area contributed by atoms with E-state index in [1.807, 2.05) is 18.2 Å². The van der Waals surface area contributed by atoms with Crippen LogP contribution < -0.4 is 9.47 Å². The molecule has 1 aliphatic rings. The number of rotatable bonds is 4. The number of fused-ring (bicyclic) bond motifs is 1. The SMILES string of the molecule is COc1ccc(OC)c(C2=Nn3c(nnc3-c3ccc(F)cc3)SC2)c1. The Morgan fingerprint density at radius 3 is 2.58 bits per heavy atom. The Kier molecular flexibility index (Phi) is 4.34. The van der Waals surface area contributed by atoms with Gasteiger partial charge in [-0.3, -0.25) is 0 Å². The molecule has 0 radical (unpaired) electrons. The smallest absolute Gasteiger partial charge is 0.212 e. The number of methoxy groups -OCH3 is 2. The van der Waals surface area contributed by atoms with Crippen molar-refractivity contribution in [1.29, 1.82) is 0 Å². The van der Waals surface area contributed by atoms with E-state index in [1.165, 1.54) is 23.9 Å². The summed E-state index contributed by atoms with van der Waals surface area (Å²) in [5.41, 5.74) is 2.42. The topological polar surface area (TPSA) is 61.5 Å². The molecule has 8 heteroatoms. The van der Waals surface area contributed by atoms with Gasteiger partial charge >= 0.3 is 0 Å². The third kappa shape index (κ3) is 2.92. The van der Waals surface area contributed by atoms with E-state index in [0.29, 0.717) is 22.5 Å². The lowest BCUT2D eigenvalue weighted by atomic mass is 10.1. The van der Waals surface area contributed by atoms with Crippen molar-refractivity contribution in [3.8, 4) is 22.9 Å². The lowest BCUT2D eigenvalue weighted by Crippen LogP contribution is -2.15. The number of thioether (sulfide) groups is 1. The van der Waals surface area contributed by atoms with Crippen LogP contribution in [-0.2, 0) is 0 Å². The zero-order valence-corrected chi connectivity index (χ0v) is 15.0. The maximum atomic E-state index is 13.2. The molecule has 2 aromatic carbocycles. The monoisotopic (exact) mass is 370 g/mol. The standard InChI is InChI=1S/C18H15FN4O2S/c1-24-13-7-8-16(25-2)14(9-13)15-10-26-18-21-20-17(23(18)22-15)11-3-5-12(19)6-4-11/h3-9H,10H2,1-2H3. The first kappa shape index (κ1) is 16.6. The maximum Gasteiger partial charge on any atom is 0.212 e. The molecule has 0 atom stereocenters. The Bertz CT molecular complexity index is 985. The lowest BCUT2D eigenvalue weighted by molar-refractivity contribution is 0.402. The third-order valence-corrected chi connectivity index (χ3v) is 4.92. The summed E-state index contributed by atoms with van der Waals surface area (Å²) >= 11 is 1.53. The molecule has 0 unspecified atom stereocenters. The Morgan fingerprint density at radius 2 is 1.85 bits per heavy atom. The van der Waals surface area contributed by atoms with Gasteiger partial charge < -0.3 is 9.47 Å². The average Bonchev–Trinajstić information content (AvgIpc) is 3.11. The summed E-state index contributed by atoms with van der Waals surface area (Å²) in [5, 5.41) is 13.8. The highest BCUT2D eigenvalue weighted by Gasteiger charge is 2.22. The molecule has 26 heavy (non-hydrogen) atoms. The van der Waals surface area contributed by atoms with Crippen molar-refractivity contribution in [2.45, 2.75) is 5.16 Å². The highest BCUT2D eigenvalue weighted by Crippen LogP contribution is 2.32. The average molecular weight is 370 g/mol. The number of ether oxygens (including phenoxy) is 2. The zero-order chi connectivity index (χ0) is 18.1. The van der Waals surface area contributed by atoms with Gasteiger partial charge in [-0.25, -0.2) is 4.39 Å². The van der Waals surface area contributed by atoms with Gasteiger partial charge in [-0.15, -0.1) is 10.2 Å². The molecule has 6 nitrogen and oxygen atoms in total. The Morgan fingerprint density at radius 1 is 1.04 bits per heavy atom. The largest absolute Gasteiger partial charge is 0.497 e. The van der Waals surface area contributed by atoms with Crippen LogP contribution in [0, 0.1) is 5.82 Å². The van der Waals surface area contributed by atoms with Crippen molar-refractivity contribution in [3.05, 3.63) is 53.8 Å². The highest BCUT2D eigenvalue weighted by molar-refractivity contribution is 7.99. The first-order valence-electron chi connectivity index (χ1n) is 7.84. The van der Waals surface area contributed by atoms with E-state index in [2.05, 4.69) is 10.2 Å². The summed E-state index contributed by atoms with van der Waals surface area (Å²) in [6.45, 7) is 0. The molecule has 132 valence electrons. The molecule has 0 spiro atoms. The summed E-state index contributed by atoms with van der Waals surface area (Å²) in [5.74, 6) is 2.33. The van der Waals surface area contributed by atoms with Crippen LogP contribution in [0.1, 0.15) is 5.56 Å². The van der Waals surface area contributed by atoms with Crippen LogP contribution >= 0.6 is 11.8 Å². The molecular weight excluding hydrogens is 355 g/mol. The molecular formula is C18H15FN4O2S. The quantitative estimate of drug-likeness (QED) is 0.704. The van der Waals surface area contributed by atoms with Crippen LogP contribution in [-0.4, -0.2) is 40.6 Å². The molecule has 0 N–H and O–H groups in total. The number of nitrogens with zero attached hydrogens (tertiary/aromatic N) is 4. The van der Waals surface area contributed by atoms with Crippen molar-refractivity contribution >= 4 is 17.5 Å². The minimum atomic E-state index is -0.299. The molecule has 1 aliphatic heterocycles. The van der Waals surface area contributed by atoms with Crippen LogP contribution in [0.25, 0.3) is 11.4 Å². The van der Waals surface area contributed by atoms with Gasteiger partial charge in [0.1, 0.15) is 17.3 Å². The molecule has 2 heterocycles. The lowest BCUT2D eigenvalue weighted by Gasteiger charge is -2.16. The molecule has 4 rings (SSSR count). The van der Waals surface area contributed by atoms with Crippen LogP contribution in [0.2, 0.25) is 0 Å². The minimum absolute atomic E-state index is 0.299. The zero-order valence-electron chi connectivity index (χ0n) is 14.1. The normalized spacial score (nSPS) is 13.1. The fourth-order valence-corrected chi connectivity index (χ4v) is 3.51. The van der Waals surface area contributed by atoms with Gasteiger partial charge in [0.25, 0.3) is 0 Å². The fourth-order valence-electron chi connectivity index (χ4n) is 2.68. The predicted octanol–water partition coefficient (Wildman–Crippen LogP) is 3.46. The van der Waals surface area contributed by atoms with E-state index < -0.39 is 0 Å². The van der Waals surface area contributed by atoms with E-state index in [0.717, 1.165) is 22.6 Å². The highest BCUT2D eigenvalue weighted by atomic mass is 32.2. The second-order valence-electron chi connectivity index (χ2n) is 5.53. The van der Waals surface area contributed by atoms with Crippen molar-refractivity contribution in [1.82, 2.24) is 14.9 Å². The van der Waals surface area contributed by atoms with Crippen LogP contribution in [0.15, 0.2) is 52.7 Å². The molecule has 0 amide bonds. The van der Waals surface area contributed by atoms with Gasteiger partial charge in [-0.2, -0.15) is 9.78 Å². The summed E-state index contributed by atoms with van der Waals surface area (Å²) in [4.78, 5) is 0. The molecule has 0 bridgehead atoms. The van der Waals surface area contributed by atoms with Gasteiger partial charge in [0.2, 0.25) is 5.16 Å². The maximum absolute atomic E-state index is 13.2. The van der Waals surface area contributed by atoms with Crippen LogP contribution in [0.5, 0.6) is 11.5 Å². The Hall–Kier alpha value is -2.87. The third-order valence-electron chi connectivity index (χ3n) is 3.99. The predicted molar refractivity (Wildman–Crippen MR) is 97.6 cm³/mol. The van der Waals surface area contributed by atoms with Crippen molar-refractivity contribution < 1.29 is 13.9 Å². The summed E-state index contributed by atoms with van der Waals surface area (Å²) < 4.78 is 25.7. The minimum Gasteiger partial charge on any atom is -0.497 e. The summed E-state index contributed by atoms with van der Waals surface area (Å²) in [6, 6.07) is 11.7. The van der Waals surface area contributed by atoms with E-state index in [4.69, 9.17) is 14.6 Å². The molecule has 0 aliphatic carbocycles. The van der Waals surface area contributed by atoms with Crippen LogP contribution in [0.4, 0.5) is 4.39 Å². The molecule has 0 saturated carbocycles. The Balaban J connectivity index is 1.81. The number of hydrogen-bond donors (Lipinski definition) is 0. The molecule has 0 saturated heterocycles. The van der Waals surface area contributed by atoms with Crippen molar-refractivity contribution in [2.24, 2.45) is 5.10 Å². The van der Waals surface area contributed by atoms with Gasteiger partial charge in [-0.1, -0.05) is 11.8 Å². The molecule has 0 fully saturated rings. The van der Waals surface area contributed by atoms with E-state index >= 15 is 0 Å². The van der Waals surface area contributed by atoms with Crippen LogP contribution in [0.3, 0.4) is 0 Å². The van der Waals surface area contributed by atoms with Gasteiger partial charge in [0.15, 0.2) is 5.82 Å². The number of hydrogen-bond acceptors (Lipinski definition) is 6. The van der Waals surface area contributed by atoms with Gasteiger partial charge in [0.05, 0.1) is 19.9 Å². The van der Waals surface area contributed by atoms with E-state index in [1.54, 1.807) is 31.0 Å². The first-order valence-corrected chi connectivity index (χ1v) is 8.82. The Labute approximate surface area is 153 Å². The molecule has 1 aromatic heterocycles. The van der Waals surface area contributed by atoms with Gasteiger partial charge in [-0.05, 0) is 42.5 Å². The van der Waals surface area contributed by atoms with E-state index in [-0.39, 0.29) is 5.82 Å². The fraction of sp³-hybridized carbons (Fsp3) is 0.167. The number of benzene rings is 2. The van der Waals surface area contributed by atoms with E-state index in [9.17, 15) is 4.39 Å².